The molecule has 102 valence electrons. The maximum absolute atomic E-state index is 12.3. The highest BCUT2D eigenvalue weighted by molar-refractivity contribution is 7.89. The summed E-state index contributed by atoms with van der Waals surface area (Å²) in [5.74, 6) is 0.0543. The van der Waals surface area contributed by atoms with Gasteiger partial charge in [-0.05, 0) is 12.8 Å². The highest BCUT2D eigenvalue weighted by atomic mass is 32.2. The van der Waals surface area contributed by atoms with Gasteiger partial charge in [0.15, 0.2) is 10.8 Å². The molecule has 0 saturated heterocycles. The lowest BCUT2D eigenvalue weighted by atomic mass is 10.1. The second-order valence-electron chi connectivity index (χ2n) is 4.86. The molecule has 0 bridgehead atoms. The third-order valence-corrected chi connectivity index (χ3v) is 4.99. The molecule has 1 aliphatic rings. The van der Waals surface area contributed by atoms with E-state index in [1.54, 1.807) is 7.05 Å². The smallest absolute Gasteiger partial charge is 0.260 e. The first-order valence-electron chi connectivity index (χ1n) is 6.30. The Hall–Kier alpha value is -1.08. The molecule has 6 nitrogen and oxygen atoms in total. The van der Waals surface area contributed by atoms with Crippen molar-refractivity contribution >= 4 is 15.8 Å². The molecule has 2 rings (SSSR count). The zero-order chi connectivity index (χ0) is 13.2. The number of imidazole rings is 1. The lowest BCUT2D eigenvalue weighted by Crippen LogP contribution is -2.35. The van der Waals surface area contributed by atoms with Crippen molar-refractivity contribution in [1.29, 1.82) is 0 Å². The first-order chi connectivity index (χ1) is 8.50. The minimum Gasteiger partial charge on any atom is -0.381 e. The highest BCUT2D eigenvalue weighted by Gasteiger charge is 2.26. The van der Waals surface area contributed by atoms with E-state index in [0.717, 1.165) is 25.7 Å². The molecule has 7 heteroatoms. The number of aryl methyl sites for hydroxylation is 1. The topological polar surface area (TPSA) is 90.0 Å². The van der Waals surface area contributed by atoms with Crippen LogP contribution in [0.3, 0.4) is 0 Å². The molecule has 1 heterocycles. The van der Waals surface area contributed by atoms with E-state index in [2.05, 4.69) is 9.71 Å². The van der Waals surface area contributed by atoms with Crippen LogP contribution < -0.4 is 10.5 Å². The summed E-state index contributed by atoms with van der Waals surface area (Å²) in [4.78, 5) is 3.82. The van der Waals surface area contributed by atoms with Crippen molar-refractivity contribution in [3.05, 3.63) is 6.33 Å². The van der Waals surface area contributed by atoms with Gasteiger partial charge in [-0.15, -0.1) is 0 Å². The third-order valence-electron chi connectivity index (χ3n) is 3.34. The lowest BCUT2D eigenvalue weighted by molar-refractivity contribution is 0.505. The maximum Gasteiger partial charge on any atom is 0.260 e. The number of sulfonamides is 1. The van der Waals surface area contributed by atoms with Crippen LogP contribution in [0.25, 0.3) is 0 Å². The summed E-state index contributed by atoms with van der Waals surface area (Å²) >= 11 is 0. The Kier molecular flexibility index (Phi) is 3.91. The monoisotopic (exact) mass is 272 g/mol. The molecule has 1 aliphatic carbocycles. The largest absolute Gasteiger partial charge is 0.381 e. The predicted molar refractivity (Wildman–Crippen MR) is 69.4 cm³/mol. The minimum atomic E-state index is -3.57. The number of rotatable bonds is 3. The lowest BCUT2D eigenvalue weighted by Gasteiger charge is -2.16. The van der Waals surface area contributed by atoms with Crippen molar-refractivity contribution in [1.82, 2.24) is 14.3 Å². The average Bonchev–Trinajstić information content (AvgIpc) is 2.52. The van der Waals surface area contributed by atoms with Gasteiger partial charge in [0.05, 0.1) is 6.33 Å². The number of hydrogen-bond acceptors (Lipinski definition) is 4. The number of nitrogens with two attached hydrogens (primary N) is 1. The van der Waals surface area contributed by atoms with Gasteiger partial charge in [-0.1, -0.05) is 25.7 Å². The van der Waals surface area contributed by atoms with Crippen LogP contribution in [0.5, 0.6) is 0 Å². The molecule has 0 aromatic carbocycles. The Morgan fingerprint density at radius 3 is 2.44 bits per heavy atom. The van der Waals surface area contributed by atoms with E-state index in [0.29, 0.717) is 0 Å². The molecule has 1 saturated carbocycles. The number of nitrogens with zero attached hydrogens (tertiary/aromatic N) is 2. The Balaban J connectivity index is 2.16. The van der Waals surface area contributed by atoms with Crippen molar-refractivity contribution in [2.75, 3.05) is 5.73 Å². The van der Waals surface area contributed by atoms with E-state index in [1.165, 1.54) is 23.7 Å². The summed E-state index contributed by atoms with van der Waals surface area (Å²) in [5.41, 5.74) is 5.61. The summed E-state index contributed by atoms with van der Waals surface area (Å²) in [5, 5.41) is 0.0618. The highest BCUT2D eigenvalue weighted by Crippen LogP contribution is 2.21. The van der Waals surface area contributed by atoms with Gasteiger partial charge in [-0.2, -0.15) is 0 Å². The van der Waals surface area contributed by atoms with Crippen molar-refractivity contribution in [3.8, 4) is 0 Å². The van der Waals surface area contributed by atoms with Crippen LogP contribution in [0.2, 0.25) is 0 Å². The summed E-state index contributed by atoms with van der Waals surface area (Å²) in [6, 6.07) is 0.0202. The first kappa shape index (κ1) is 13.4. The van der Waals surface area contributed by atoms with Crippen molar-refractivity contribution in [2.24, 2.45) is 7.05 Å². The zero-order valence-electron chi connectivity index (χ0n) is 10.6. The number of aromatic nitrogens is 2. The molecular weight excluding hydrogens is 252 g/mol. The molecular formula is C11H20N4O2S. The third kappa shape index (κ3) is 2.84. The maximum atomic E-state index is 12.3. The van der Waals surface area contributed by atoms with Gasteiger partial charge in [-0.25, -0.2) is 18.1 Å². The minimum absolute atomic E-state index is 0.0202. The predicted octanol–water partition coefficient (Wildman–Crippen LogP) is 1.00. The molecule has 18 heavy (non-hydrogen) atoms. The molecule has 1 aromatic heterocycles. The fraction of sp³-hybridized carbons (Fsp3) is 0.727. The van der Waals surface area contributed by atoms with Crippen LogP contribution in [-0.2, 0) is 17.1 Å². The van der Waals surface area contributed by atoms with Crippen molar-refractivity contribution in [3.63, 3.8) is 0 Å². The number of anilines is 1. The van der Waals surface area contributed by atoms with Gasteiger partial charge in [-0.3, -0.25) is 0 Å². The number of nitrogens with one attached hydrogen (secondary N) is 1. The van der Waals surface area contributed by atoms with E-state index < -0.39 is 10.0 Å². The summed E-state index contributed by atoms with van der Waals surface area (Å²) in [6.45, 7) is 0. The van der Waals surface area contributed by atoms with Gasteiger partial charge in [0.25, 0.3) is 10.0 Å². The standard InChI is InChI=1S/C11H20N4O2S/c1-15-8-13-10(12)11(15)18(16,17)14-9-6-4-2-3-5-7-9/h8-9,14H,2-7,12H2,1H3. The van der Waals surface area contributed by atoms with E-state index in [4.69, 9.17) is 5.73 Å². The SMILES string of the molecule is Cn1cnc(N)c1S(=O)(=O)NC1CCCCCC1. The van der Waals surface area contributed by atoms with E-state index in [1.807, 2.05) is 0 Å². The summed E-state index contributed by atoms with van der Waals surface area (Å²) in [7, 11) is -1.94. The zero-order valence-corrected chi connectivity index (χ0v) is 11.4. The second-order valence-corrected chi connectivity index (χ2v) is 6.48. The Labute approximate surface area is 108 Å². The summed E-state index contributed by atoms with van der Waals surface area (Å²) < 4.78 is 28.7. The van der Waals surface area contributed by atoms with Gasteiger partial charge >= 0.3 is 0 Å². The van der Waals surface area contributed by atoms with Crippen LogP contribution in [0.4, 0.5) is 5.82 Å². The quantitative estimate of drug-likeness (QED) is 0.803. The molecule has 0 spiro atoms. The molecule has 0 amide bonds. The second kappa shape index (κ2) is 5.27. The Morgan fingerprint density at radius 1 is 1.33 bits per heavy atom. The first-order valence-corrected chi connectivity index (χ1v) is 7.78. The molecule has 0 atom stereocenters. The van der Waals surface area contributed by atoms with Crippen LogP contribution in [-0.4, -0.2) is 24.0 Å². The Morgan fingerprint density at radius 2 is 1.94 bits per heavy atom. The number of nitrogen functional groups attached to an aromatic ring is 1. The molecule has 0 radical (unpaired) electrons. The van der Waals surface area contributed by atoms with Crippen LogP contribution in [0.1, 0.15) is 38.5 Å². The van der Waals surface area contributed by atoms with Gasteiger partial charge in [0, 0.05) is 13.1 Å². The normalized spacial score (nSPS) is 18.7. The number of hydrogen-bond donors (Lipinski definition) is 2. The van der Waals surface area contributed by atoms with Crippen LogP contribution >= 0.6 is 0 Å². The van der Waals surface area contributed by atoms with Crippen LogP contribution in [0, 0.1) is 0 Å². The summed E-state index contributed by atoms with van der Waals surface area (Å²) in [6.07, 6.45) is 7.74. The van der Waals surface area contributed by atoms with Gasteiger partial charge in [0.1, 0.15) is 0 Å². The molecule has 1 fully saturated rings. The Bertz CT molecular complexity index is 482. The van der Waals surface area contributed by atoms with Crippen molar-refractivity contribution in [2.45, 2.75) is 49.6 Å². The fourth-order valence-electron chi connectivity index (χ4n) is 2.44. The van der Waals surface area contributed by atoms with Crippen molar-refractivity contribution < 1.29 is 8.42 Å². The fourth-order valence-corrected chi connectivity index (χ4v) is 3.98. The average molecular weight is 272 g/mol. The van der Waals surface area contributed by atoms with Crippen LogP contribution in [0.15, 0.2) is 11.4 Å². The van der Waals surface area contributed by atoms with E-state index in [-0.39, 0.29) is 16.9 Å². The van der Waals surface area contributed by atoms with E-state index in [9.17, 15) is 8.42 Å². The molecule has 0 unspecified atom stereocenters. The molecule has 1 aromatic rings. The van der Waals surface area contributed by atoms with E-state index >= 15 is 0 Å². The molecule has 0 aliphatic heterocycles. The molecule has 3 N–H and O–H groups in total. The van der Waals surface area contributed by atoms with Gasteiger partial charge < -0.3 is 10.3 Å². The van der Waals surface area contributed by atoms with Gasteiger partial charge in [0.2, 0.25) is 0 Å².